The molecule has 0 N–H and O–H groups in total. The fraction of sp³-hybridized carbons (Fsp3) is 0.400. The van der Waals surface area contributed by atoms with E-state index < -0.39 is 11.9 Å². The maximum Gasteiger partial charge on any atom is 0.336 e. The quantitative estimate of drug-likeness (QED) is 0.176. The molecule has 0 aromatic heterocycles. The Bertz CT molecular complexity index is 283. The van der Waals surface area contributed by atoms with E-state index >= 15 is 0 Å². The Morgan fingerprint density at radius 2 is 1.12 bits per heavy atom. The van der Waals surface area contributed by atoms with E-state index in [0.29, 0.717) is 0 Å². The van der Waals surface area contributed by atoms with Gasteiger partial charge in [-0.15, -0.1) is 0 Å². The van der Waals surface area contributed by atoms with E-state index in [1.807, 2.05) is 0 Å². The van der Waals surface area contributed by atoms with Gasteiger partial charge in [0.25, 0.3) is 0 Å². The molecule has 0 aliphatic heterocycles. The SMILES string of the molecule is COC(=O)C(C)=COOC=C(C)C(=O)OC. The number of esters is 2. The first kappa shape index (κ1) is 14.0. The average molecular weight is 230 g/mol. The van der Waals surface area contributed by atoms with Gasteiger partial charge in [0.2, 0.25) is 0 Å². The minimum atomic E-state index is -0.530. The molecule has 0 aromatic carbocycles. The van der Waals surface area contributed by atoms with Gasteiger partial charge < -0.3 is 9.47 Å². The van der Waals surface area contributed by atoms with Crippen molar-refractivity contribution in [1.82, 2.24) is 0 Å². The molecule has 6 nitrogen and oxygen atoms in total. The second-order valence-electron chi connectivity index (χ2n) is 2.78. The summed E-state index contributed by atoms with van der Waals surface area (Å²) >= 11 is 0. The second-order valence-corrected chi connectivity index (χ2v) is 2.78. The third-order valence-corrected chi connectivity index (χ3v) is 1.52. The highest BCUT2D eigenvalue weighted by molar-refractivity contribution is 5.87. The van der Waals surface area contributed by atoms with Crippen LogP contribution in [0.1, 0.15) is 13.8 Å². The fourth-order valence-electron chi connectivity index (χ4n) is 0.618. The predicted molar refractivity (Wildman–Crippen MR) is 53.7 cm³/mol. The van der Waals surface area contributed by atoms with Crippen LogP contribution in [0.15, 0.2) is 23.7 Å². The molecule has 16 heavy (non-hydrogen) atoms. The number of ether oxygens (including phenoxy) is 2. The number of hydrogen-bond acceptors (Lipinski definition) is 6. The van der Waals surface area contributed by atoms with Gasteiger partial charge in [-0.3, -0.25) is 9.78 Å². The van der Waals surface area contributed by atoms with Gasteiger partial charge in [-0.1, -0.05) is 0 Å². The Hall–Kier alpha value is -1.98. The molecule has 0 amide bonds. The Balaban J connectivity index is 4.09. The van der Waals surface area contributed by atoms with Crippen molar-refractivity contribution in [3.63, 3.8) is 0 Å². The van der Waals surface area contributed by atoms with Crippen LogP contribution in [0.3, 0.4) is 0 Å². The van der Waals surface area contributed by atoms with Gasteiger partial charge in [0, 0.05) is 0 Å². The zero-order valence-electron chi connectivity index (χ0n) is 9.60. The van der Waals surface area contributed by atoms with Crippen molar-refractivity contribution < 1.29 is 28.8 Å². The van der Waals surface area contributed by atoms with Crippen LogP contribution < -0.4 is 0 Å². The first-order chi connectivity index (χ1) is 7.52. The van der Waals surface area contributed by atoms with Crippen molar-refractivity contribution in [1.29, 1.82) is 0 Å². The van der Waals surface area contributed by atoms with Gasteiger partial charge in [0.1, 0.15) is 0 Å². The van der Waals surface area contributed by atoms with Crippen molar-refractivity contribution in [3.8, 4) is 0 Å². The molecule has 0 aliphatic rings. The van der Waals surface area contributed by atoms with Crippen molar-refractivity contribution >= 4 is 11.9 Å². The molecule has 6 heteroatoms. The van der Waals surface area contributed by atoms with Gasteiger partial charge in [0.15, 0.2) is 12.5 Å². The van der Waals surface area contributed by atoms with E-state index in [2.05, 4.69) is 19.2 Å². The second kappa shape index (κ2) is 7.33. The first-order valence-corrected chi connectivity index (χ1v) is 4.35. The van der Waals surface area contributed by atoms with E-state index in [4.69, 9.17) is 0 Å². The third kappa shape index (κ3) is 5.04. The highest BCUT2D eigenvalue weighted by Crippen LogP contribution is 1.99. The molecule has 0 unspecified atom stereocenters. The molecular formula is C10H14O6. The lowest BCUT2D eigenvalue weighted by molar-refractivity contribution is -0.198. The molecule has 90 valence electrons. The van der Waals surface area contributed by atoms with Crippen LogP contribution in [0, 0.1) is 0 Å². The monoisotopic (exact) mass is 230 g/mol. The predicted octanol–water partition coefficient (Wildman–Crippen LogP) is 1.09. The number of rotatable bonds is 5. The number of hydrogen-bond donors (Lipinski definition) is 0. The van der Waals surface area contributed by atoms with Crippen LogP contribution in [-0.4, -0.2) is 26.2 Å². The molecule has 0 aromatic rings. The molecule has 0 radical (unpaired) electrons. The number of carbonyl (C=O) groups is 2. The summed E-state index contributed by atoms with van der Waals surface area (Å²) in [6, 6.07) is 0. The third-order valence-electron chi connectivity index (χ3n) is 1.52. The van der Waals surface area contributed by atoms with Crippen molar-refractivity contribution in [3.05, 3.63) is 23.7 Å². The molecule has 0 bridgehead atoms. The van der Waals surface area contributed by atoms with Crippen LogP contribution in [0.25, 0.3) is 0 Å². The van der Waals surface area contributed by atoms with Crippen LogP contribution >= 0.6 is 0 Å². The maximum atomic E-state index is 10.9. The summed E-state index contributed by atoms with van der Waals surface area (Å²) in [4.78, 5) is 30.8. The molecule has 0 rings (SSSR count). The highest BCUT2D eigenvalue weighted by Gasteiger charge is 2.04. The maximum absolute atomic E-state index is 10.9. The fourth-order valence-corrected chi connectivity index (χ4v) is 0.618. The van der Waals surface area contributed by atoms with Gasteiger partial charge >= 0.3 is 11.9 Å². The molecule has 0 saturated heterocycles. The number of carbonyl (C=O) groups excluding carboxylic acids is 2. The van der Waals surface area contributed by atoms with E-state index in [0.717, 1.165) is 12.5 Å². The first-order valence-electron chi connectivity index (χ1n) is 4.35. The van der Waals surface area contributed by atoms with Crippen LogP contribution in [0.5, 0.6) is 0 Å². The van der Waals surface area contributed by atoms with Gasteiger partial charge in [-0.25, -0.2) is 9.59 Å². The summed E-state index contributed by atoms with van der Waals surface area (Å²) in [5, 5.41) is 0. The minimum absolute atomic E-state index is 0.228. The lowest BCUT2D eigenvalue weighted by Gasteiger charge is -2.00. The van der Waals surface area contributed by atoms with E-state index in [-0.39, 0.29) is 11.1 Å². The van der Waals surface area contributed by atoms with Gasteiger partial charge in [0.05, 0.1) is 25.4 Å². The summed E-state index contributed by atoms with van der Waals surface area (Å²) in [7, 11) is 2.50. The van der Waals surface area contributed by atoms with Crippen LogP contribution in [0.2, 0.25) is 0 Å². The summed E-state index contributed by atoms with van der Waals surface area (Å²) < 4.78 is 8.83. The molecule has 0 heterocycles. The van der Waals surface area contributed by atoms with Crippen LogP contribution in [-0.2, 0) is 28.8 Å². The van der Waals surface area contributed by atoms with Gasteiger partial charge in [-0.05, 0) is 13.8 Å². The Morgan fingerprint density at radius 3 is 1.38 bits per heavy atom. The normalized spacial score (nSPS) is 11.8. The topological polar surface area (TPSA) is 71.1 Å². The Morgan fingerprint density at radius 1 is 0.812 bits per heavy atom. The number of methoxy groups -OCH3 is 2. The van der Waals surface area contributed by atoms with Crippen LogP contribution in [0.4, 0.5) is 0 Å². The molecule has 0 fully saturated rings. The lowest BCUT2D eigenvalue weighted by atomic mass is 10.3. The summed E-state index contributed by atoms with van der Waals surface area (Å²) in [5.41, 5.74) is 0.457. The van der Waals surface area contributed by atoms with Gasteiger partial charge in [-0.2, -0.15) is 0 Å². The Labute approximate surface area is 93.4 Å². The van der Waals surface area contributed by atoms with E-state index in [1.54, 1.807) is 0 Å². The Kier molecular flexibility index (Phi) is 6.42. The highest BCUT2D eigenvalue weighted by atomic mass is 17.2. The van der Waals surface area contributed by atoms with Crippen molar-refractivity contribution in [2.45, 2.75) is 13.8 Å². The molecule has 0 saturated carbocycles. The molecule has 0 atom stereocenters. The average Bonchev–Trinajstić information content (AvgIpc) is 2.31. The molecule has 0 aliphatic carbocycles. The van der Waals surface area contributed by atoms with E-state index in [9.17, 15) is 9.59 Å². The molecule has 0 spiro atoms. The minimum Gasteiger partial charge on any atom is -0.466 e. The summed E-state index contributed by atoms with van der Waals surface area (Å²) in [6.07, 6.45) is 2.12. The lowest BCUT2D eigenvalue weighted by Crippen LogP contribution is -2.03. The molecular weight excluding hydrogens is 216 g/mol. The van der Waals surface area contributed by atoms with Crippen molar-refractivity contribution in [2.75, 3.05) is 14.2 Å². The summed E-state index contributed by atoms with van der Waals surface area (Å²) in [6.45, 7) is 2.98. The van der Waals surface area contributed by atoms with E-state index in [1.165, 1.54) is 28.1 Å². The summed E-state index contributed by atoms with van der Waals surface area (Å²) in [5.74, 6) is -1.06. The largest absolute Gasteiger partial charge is 0.466 e. The zero-order chi connectivity index (χ0) is 12.6. The standard InChI is InChI=1S/C10H14O6/c1-7(9(11)13-3)5-15-16-6-8(2)10(12)14-4/h5-6H,1-4H3. The smallest absolute Gasteiger partial charge is 0.336 e. The van der Waals surface area contributed by atoms with Crippen molar-refractivity contribution in [2.24, 2.45) is 0 Å². The zero-order valence-corrected chi connectivity index (χ0v) is 9.60.